The average Bonchev–Trinajstić information content (AvgIpc) is 3.44. The minimum Gasteiger partial charge on any atom is -0.463 e. The molecule has 6 nitrogen and oxygen atoms in total. The Morgan fingerprint density at radius 3 is 2.58 bits per heavy atom. The third-order valence-electron chi connectivity index (χ3n) is 5.73. The van der Waals surface area contributed by atoms with Crippen molar-refractivity contribution in [3.05, 3.63) is 114 Å². The van der Waals surface area contributed by atoms with Crippen LogP contribution >= 0.6 is 22.9 Å². The molecule has 0 radical (unpaired) electrons. The first-order chi connectivity index (χ1) is 17.4. The summed E-state index contributed by atoms with van der Waals surface area (Å²) < 4.78 is 26.3. The van der Waals surface area contributed by atoms with E-state index in [1.54, 1.807) is 68.5 Å². The lowest BCUT2D eigenvalue weighted by molar-refractivity contribution is -0.139. The Morgan fingerprint density at radius 2 is 1.89 bits per heavy atom. The second kappa shape index (κ2) is 9.72. The maximum atomic E-state index is 13.6. The molecule has 1 aliphatic rings. The van der Waals surface area contributed by atoms with Crippen LogP contribution in [0.4, 0.5) is 4.39 Å². The number of hydrogen-bond donors (Lipinski definition) is 0. The van der Waals surface area contributed by atoms with Crippen molar-refractivity contribution >= 4 is 35.0 Å². The maximum Gasteiger partial charge on any atom is 0.338 e. The average molecular weight is 523 g/mol. The fourth-order valence-electron chi connectivity index (χ4n) is 4.08. The van der Waals surface area contributed by atoms with Crippen molar-refractivity contribution in [3.63, 3.8) is 0 Å². The van der Waals surface area contributed by atoms with Gasteiger partial charge in [0.05, 0.1) is 28.5 Å². The van der Waals surface area contributed by atoms with Crippen LogP contribution in [-0.2, 0) is 9.53 Å². The number of carbonyl (C=O) groups is 1. The summed E-state index contributed by atoms with van der Waals surface area (Å²) in [5, 5.41) is 0.541. The predicted molar refractivity (Wildman–Crippen MR) is 136 cm³/mol. The zero-order valence-corrected chi connectivity index (χ0v) is 20.9. The van der Waals surface area contributed by atoms with E-state index < -0.39 is 12.0 Å². The summed E-state index contributed by atoms with van der Waals surface area (Å²) in [4.78, 5) is 31.5. The van der Waals surface area contributed by atoms with E-state index in [1.807, 2.05) is 0 Å². The fourth-order valence-corrected chi connectivity index (χ4v) is 5.23. The van der Waals surface area contributed by atoms with E-state index in [2.05, 4.69) is 4.99 Å². The Labute approximate surface area is 214 Å². The second-order valence-corrected chi connectivity index (χ2v) is 9.51. The molecule has 0 amide bonds. The number of rotatable bonds is 5. The molecule has 0 unspecified atom stereocenters. The number of nitrogens with zero attached hydrogens (tertiary/aromatic N) is 2. The summed E-state index contributed by atoms with van der Waals surface area (Å²) in [5.74, 6) is 0.153. The molecule has 0 N–H and O–H groups in total. The van der Waals surface area contributed by atoms with Crippen LogP contribution < -0.4 is 14.9 Å². The minimum absolute atomic E-state index is 0.197. The molecular weight excluding hydrogens is 503 g/mol. The van der Waals surface area contributed by atoms with E-state index in [-0.39, 0.29) is 18.0 Å². The molecule has 3 heterocycles. The molecule has 36 heavy (non-hydrogen) atoms. The fraction of sp³-hybridized carbons (Fsp3) is 0.148. The summed E-state index contributed by atoms with van der Waals surface area (Å²) in [6.45, 7) is 3.65. The van der Waals surface area contributed by atoms with Gasteiger partial charge in [-0.15, -0.1) is 0 Å². The third-order valence-corrected chi connectivity index (χ3v) is 6.97. The van der Waals surface area contributed by atoms with Crippen molar-refractivity contribution in [3.8, 4) is 11.3 Å². The normalized spacial score (nSPS) is 15.6. The highest BCUT2D eigenvalue weighted by Crippen LogP contribution is 2.31. The standard InChI is InChI=1S/C27H20ClFN2O4S/c1-3-34-26(33)23-15(2)30-27-31(24(23)17-4-8-18(28)9-5-17)25(32)22(36-27)14-20-12-13-21(35-20)16-6-10-19(29)11-7-16/h4-14,24H,3H2,1-2H3/b22-14+/t24-/m1/s1. The van der Waals surface area contributed by atoms with Crippen LogP contribution in [0, 0.1) is 5.82 Å². The lowest BCUT2D eigenvalue weighted by Gasteiger charge is -2.24. The predicted octanol–water partition coefficient (Wildman–Crippen LogP) is 4.85. The number of thiazole rings is 1. The molecule has 0 saturated carbocycles. The van der Waals surface area contributed by atoms with E-state index in [9.17, 15) is 14.0 Å². The molecule has 9 heteroatoms. The smallest absolute Gasteiger partial charge is 0.338 e. The van der Waals surface area contributed by atoms with Crippen LogP contribution in [0.3, 0.4) is 0 Å². The molecule has 0 saturated heterocycles. The Morgan fingerprint density at radius 1 is 1.17 bits per heavy atom. The molecule has 2 aromatic heterocycles. The van der Waals surface area contributed by atoms with Gasteiger partial charge in [0, 0.05) is 16.7 Å². The van der Waals surface area contributed by atoms with Crippen molar-refractivity contribution < 1.29 is 18.3 Å². The molecule has 0 aliphatic carbocycles. The van der Waals surface area contributed by atoms with Gasteiger partial charge in [0.15, 0.2) is 4.80 Å². The van der Waals surface area contributed by atoms with E-state index >= 15 is 0 Å². The van der Waals surface area contributed by atoms with Crippen LogP contribution in [0.25, 0.3) is 17.4 Å². The van der Waals surface area contributed by atoms with Crippen LogP contribution in [0.5, 0.6) is 0 Å². The van der Waals surface area contributed by atoms with Crippen LogP contribution in [0.15, 0.2) is 86.1 Å². The summed E-state index contributed by atoms with van der Waals surface area (Å²) in [6.07, 6.45) is 1.64. The number of ether oxygens (including phenoxy) is 1. The minimum atomic E-state index is -0.717. The van der Waals surface area contributed by atoms with Gasteiger partial charge in [0.1, 0.15) is 17.3 Å². The van der Waals surface area contributed by atoms with Gasteiger partial charge in [-0.1, -0.05) is 35.1 Å². The highest BCUT2D eigenvalue weighted by molar-refractivity contribution is 7.07. The van der Waals surface area contributed by atoms with Crippen molar-refractivity contribution in [1.82, 2.24) is 4.57 Å². The first-order valence-electron chi connectivity index (χ1n) is 11.2. The number of esters is 1. The number of fused-ring (bicyclic) bond motifs is 1. The molecule has 1 aliphatic heterocycles. The lowest BCUT2D eigenvalue weighted by atomic mass is 9.96. The van der Waals surface area contributed by atoms with Crippen LogP contribution in [0.2, 0.25) is 5.02 Å². The molecule has 2 aromatic carbocycles. The largest absolute Gasteiger partial charge is 0.463 e. The molecule has 5 rings (SSSR count). The molecule has 4 aromatic rings. The van der Waals surface area contributed by atoms with Crippen molar-refractivity contribution in [2.75, 3.05) is 6.61 Å². The van der Waals surface area contributed by atoms with Crippen molar-refractivity contribution in [1.29, 1.82) is 0 Å². The van der Waals surface area contributed by atoms with Crippen LogP contribution in [-0.4, -0.2) is 17.1 Å². The van der Waals surface area contributed by atoms with Crippen molar-refractivity contribution in [2.24, 2.45) is 4.99 Å². The number of hydrogen-bond acceptors (Lipinski definition) is 6. The van der Waals surface area contributed by atoms with E-state index in [1.165, 1.54) is 28.0 Å². The number of furan rings is 1. The SMILES string of the molecule is CCOC(=O)C1=C(C)N=c2s/c(=C/c3ccc(-c4ccc(F)cc4)o3)c(=O)n2[C@@H]1c1ccc(Cl)cc1. The first-order valence-corrected chi connectivity index (χ1v) is 12.4. The number of benzene rings is 2. The van der Waals surface area contributed by atoms with Crippen molar-refractivity contribution in [2.45, 2.75) is 19.9 Å². The van der Waals surface area contributed by atoms with E-state index in [0.717, 1.165) is 5.56 Å². The Kier molecular flexibility index (Phi) is 6.47. The summed E-state index contributed by atoms with van der Waals surface area (Å²) in [7, 11) is 0. The quantitative estimate of drug-likeness (QED) is 0.351. The van der Waals surface area contributed by atoms with Gasteiger partial charge >= 0.3 is 5.97 Å². The van der Waals surface area contributed by atoms with Gasteiger partial charge in [-0.25, -0.2) is 14.2 Å². The van der Waals surface area contributed by atoms with Gasteiger partial charge < -0.3 is 9.15 Å². The molecule has 0 spiro atoms. The summed E-state index contributed by atoms with van der Waals surface area (Å²) in [5.41, 5.74) is 1.90. The van der Waals surface area contributed by atoms with Gasteiger partial charge in [-0.3, -0.25) is 9.36 Å². The van der Waals surface area contributed by atoms with E-state index in [4.69, 9.17) is 20.8 Å². The lowest BCUT2D eigenvalue weighted by Crippen LogP contribution is -2.39. The Balaban J connectivity index is 1.63. The molecule has 182 valence electrons. The molecule has 1 atom stereocenters. The Bertz CT molecular complexity index is 1660. The zero-order valence-electron chi connectivity index (χ0n) is 19.3. The van der Waals surface area contributed by atoms with E-state index in [0.29, 0.717) is 42.7 Å². The molecule has 0 fully saturated rings. The topological polar surface area (TPSA) is 73.8 Å². The van der Waals surface area contributed by atoms with Gasteiger partial charge in [-0.2, -0.15) is 0 Å². The Hall–Kier alpha value is -3.75. The molecule has 0 bridgehead atoms. The van der Waals surface area contributed by atoms with Gasteiger partial charge in [-0.05, 0) is 67.9 Å². The third kappa shape index (κ3) is 4.45. The maximum absolute atomic E-state index is 13.6. The summed E-state index contributed by atoms with van der Waals surface area (Å²) >= 11 is 7.29. The van der Waals surface area contributed by atoms with Crippen LogP contribution in [0.1, 0.15) is 31.2 Å². The second-order valence-electron chi connectivity index (χ2n) is 8.06. The molecular formula is C27H20ClFN2O4S. The monoisotopic (exact) mass is 522 g/mol. The number of carbonyl (C=O) groups excluding carboxylic acids is 1. The van der Waals surface area contributed by atoms with Gasteiger partial charge in [0.25, 0.3) is 5.56 Å². The number of allylic oxidation sites excluding steroid dienone is 1. The highest BCUT2D eigenvalue weighted by Gasteiger charge is 2.33. The van der Waals surface area contributed by atoms with Gasteiger partial charge in [0.2, 0.25) is 0 Å². The highest BCUT2D eigenvalue weighted by atomic mass is 35.5. The number of halogens is 2. The number of aromatic nitrogens is 1. The zero-order chi connectivity index (χ0) is 25.4. The summed E-state index contributed by atoms with van der Waals surface area (Å²) in [6, 6.07) is 15.7. The first kappa shape index (κ1) is 24.0.